The van der Waals surface area contributed by atoms with Crippen molar-refractivity contribution in [1.29, 1.82) is 0 Å². The van der Waals surface area contributed by atoms with E-state index in [1.807, 2.05) is 78.7 Å². The number of likely N-dealkylation sites (N-methyl/N-ethyl adjacent to an activating group) is 2. The lowest BCUT2D eigenvalue weighted by atomic mass is 10.1. The molecule has 3 aliphatic rings. The number of amides is 3. The molecule has 0 aliphatic carbocycles. The van der Waals surface area contributed by atoms with E-state index in [0.29, 0.717) is 12.5 Å². The summed E-state index contributed by atoms with van der Waals surface area (Å²) in [5.74, 6) is 0.453. The number of carbonyl (C=O) groups excluding carboxylic acids is 2. The van der Waals surface area contributed by atoms with Gasteiger partial charge in [-0.15, -0.1) is 0 Å². The highest BCUT2D eigenvalue weighted by Gasteiger charge is 2.54. The number of fused-ring (bicyclic) bond motifs is 3. The standard InChI is InChI=1S/C22H21N5O2/c1-3-25-20(28)18-19(24(2)22(25)29)23-21-26(18)14-17(15-10-6-4-7-11-15)27(21)16-12-8-5-9-13-16/h4-14,18-19H,3H2,1-2H3. The van der Waals surface area contributed by atoms with Gasteiger partial charge in [0.25, 0.3) is 5.91 Å². The average Bonchev–Trinajstić information content (AvgIpc) is 3.30. The van der Waals surface area contributed by atoms with E-state index < -0.39 is 12.2 Å². The van der Waals surface area contributed by atoms with Gasteiger partial charge < -0.3 is 4.90 Å². The van der Waals surface area contributed by atoms with Crippen molar-refractivity contribution in [3.8, 4) is 0 Å². The van der Waals surface area contributed by atoms with Gasteiger partial charge in [0.2, 0.25) is 5.96 Å². The van der Waals surface area contributed by atoms with Crippen LogP contribution in [0.3, 0.4) is 0 Å². The molecule has 29 heavy (non-hydrogen) atoms. The largest absolute Gasteiger partial charge is 0.328 e. The zero-order chi connectivity index (χ0) is 20.1. The van der Waals surface area contributed by atoms with E-state index in [4.69, 9.17) is 4.99 Å². The van der Waals surface area contributed by atoms with Gasteiger partial charge in [-0.2, -0.15) is 0 Å². The summed E-state index contributed by atoms with van der Waals surface area (Å²) in [7, 11) is 1.70. The van der Waals surface area contributed by atoms with Crippen LogP contribution in [0.25, 0.3) is 5.70 Å². The van der Waals surface area contributed by atoms with Crippen LogP contribution in [-0.2, 0) is 4.79 Å². The molecule has 146 valence electrons. The van der Waals surface area contributed by atoms with Crippen LogP contribution in [0.2, 0.25) is 0 Å². The number of carbonyl (C=O) groups is 2. The van der Waals surface area contributed by atoms with Gasteiger partial charge in [-0.05, 0) is 19.1 Å². The fourth-order valence-electron chi connectivity index (χ4n) is 4.17. The first kappa shape index (κ1) is 17.5. The Hall–Kier alpha value is -3.61. The van der Waals surface area contributed by atoms with E-state index in [1.54, 1.807) is 11.9 Å². The second-order valence-corrected chi connectivity index (χ2v) is 7.22. The maximum atomic E-state index is 13.1. The molecule has 3 amide bonds. The molecule has 2 atom stereocenters. The second kappa shape index (κ2) is 6.48. The fourth-order valence-corrected chi connectivity index (χ4v) is 4.17. The zero-order valence-electron chi connectivity index (χ0n) is 16.3. The molecule has 3 aliphatic heterocycles. The molecule has 0 saturated carbocycles. The van der Waals surface area contributed by atoms with E-state index in [9.17, 15) is 9.59 Å². The maximum absolute atomic E-state index is 13.1. The molecular weight excluding hydrogens is 366 g/mol. The second-order valence-electron chi connectivity index (χ2n) is 7.22. The minimum atomic E-state index is -0.555. The summed E-state index contributed by atoms with van der Waals surface area (Å²) in [5, 5.41) is 0. The normalized spacial score (nSPS) is 23.2. The van der Waals surface area contributed by atoms with E-state index in [2.05, 4.69) is 4.90 Å². The van der Waals surface area contributed by atoms with Crippen LogP contribution in [0, 0.1) is 0 Å². The van der Waals surface area contributed by atoms with Crippen LogP contribution in [0.4, 0.5) is 10.5 Å². The Labute approximate surface area is 169 Å². The van der Waals surface area contributed by atoms with Gasteiger partial charge in [-0.1, -0.05) is 48.5 Å². The topological polar surface area (TPSA) is 59.5 Å². The van der Waals surface area contributed by atoms with Gasteiger partial charge in [0.05, 0.1) is 5.70 Å². The minimum Gasteiger partial charge on any atom is -0.302 e. The van der Waals surface area contributed by atoms with Crippen LogP contribution in [0.5, 0.6) is 0 Å². The number of hydrogen-bond acceptors (Lipinski definition) is 5. The summed E-state index contributed by atoms with van der Waals surface area (Å²) in [5.41, 5.74) is 2.94. The zero-order valence-corrected chi connectivity index (χ0v) is 16.3. The number of guanidine groups is 1. The van der Waals surface area contributed by atoms with Crippen molar-refractivity contribution in [1.82, 2.24) is 14.7 Å². The first-order chi connectivity index (χ1) is 14.1. The molecule has 2 aromatic rings. The molecule has 0 spiro atoms. The quantitative estimate of drug-likeness (QED) is 0.813. The summed E-state index contributed by atoms with van der Waals surface area (Å²) in [6.45, 7) is 2.15. The van der Waals surface area contributed by atoms with Crippen molar-refractivity contribution < 1.29 is 9.59 Å². The molecule has 7 nitrogen and oxygen atoms in total. The first-order valence-corrected chi connectivity index (χ1v) is 9.68. The molecule has 0 aromatic heterocycles. The van der Waals surface area contributed by atoms with Crippen molar-refractivity contribution >= 4 is 29.3 Å². The Balaban J connectivity index is 1.64. The molecule has 5 rings (SSSR count). The Bertz CT molecular complexity index is 1030. The molecule has 1 saturated heterocycles. The van der Waals surface area contributed by atoms with Crippen LogP contribution in [0.1, 0.15) is 12.5 Å². The summed E-state index contributed by atoms with van der Waals surface area (Å²) < 4.78 is 0. The summed E-state index contributed by atoms with van der Waals surface area (Å²) in [4.78, 5) is 37.4. The smallest absolute Gasteiger partial charge is 0.302 e. The molecule has 0 radical (unpaired) electrons. The van der Waals surface area contributed by atoms with E-state index in [1.165, 1.54) is 4.90 Å². The van der Waals surface area contributed by atoms with Gasteiger partial charge in [0.15, 0.2) is 12.2 Å². The van der Waals surface area contributed by atoms with Crippen molar-refractivity contribution in [2.24, 2.45) is 4.99 Å². The number of anilines is 1. The number of rotatable bonds is 3. The fraction of sp³-hybridized carbons (Fsp3) is 0.227. The number of nitrogens with zero attached hydrogens (tertiary/aromatic N) is 5. The number of para-hydroxylation sites is 1. The average molecular weight is 387 g/mol. The Kier molecular flexibility index (Phi) is 3.91. The third-order valence-electron chi connectivity index (χ3n) is 5.61. The lowest BCUT2D eigenvalue weighted by Crippen LogP contribution is -2.64. The number of aliphatic imine (C=N–C) groups is 1. The van der Waals surface area contributed by atoms with Crippen molar-refractivity contribution in [2.45, 2.75) is 19.1 Å². The van der Waals surface area contributed by atoms with Crippen LogP contribution >= 0.6 is 0 Å². The molecular formula is C22H21N5O2. The molecule has 1 fully saturated rings. The van der Waals surface area contributed by atoms with E-state index >= 15 is 0 Å². The van der Waals surface area contributed by atoms with E-state index in [0.717, 1.165) is 16.9 Å². The van der Waals surface area contributed by atoms with E-state index in [-0.39, 0.29) is 11.9 Å². The maximum Gasteiger partial charge on any atom is 0.328 e. The monoisotopic (exact) mass is 387 g/mol. The predicted octanol–water partition coefficient (Wildman–Crippen LogP) is 2.79. The predicted molar refractivity (Wildman–Crippen MR) is 111 cm³/mol. The molecule has 3 heterocycles. The number of hydrogen-bond donors (Lipinski definition) is 0. The third-order valence-corrected chi connectivity index (χ3v) is 5.61. The highest BCUT2D eigenvalue weighted by atomic mass is 16.2. The lowest BCUT2D eigenvalue weighted by molar-refractivity contribution is -0.136. The first-order valence-electron chi connectivity index (χ1n) is 9.68. The van der Waals surface area contributed by atoms with Crippen LogP contribution in [-0.4, -0.2) is 58.4 Å². The van der Waals surface area contributed by atoms with Crippen LogP contribution < -0.4 is 4.90 Å². The van der Waals surface area contributed by atoms with Gasteiger partial charge in [0, 0.05) is 31.0 Å². The molecule has 7 heteroatoms. The van der Waals surface area contributed by atoms with Crippen molar-refractivity contribution in [2.75, 3.05) is 18.5 Å². The highest BCUT2D eigenvalue weighted by Crippen LogP contribution is 2.39. The molecule has 0 bridgehead atoms. The highest BCUT2D eigenvalue weighted by molar-refractivity contribution is 6.16. The summed E-state index contributed by atoms with van der Waals surface area (Å²) in [6.07, 6.45) is 1.44. The van der Waals surface area contributed by atoms with Gasteiger partial charge >= 0.3 is 6.03 Å². The van der Waals surface area contributed by atoms with Gasteiger partial charge in [0.1, 0.15) is 0 Å². The summed E-state index contributed by atoms with van der Waals surface area (Å²) >= 11 is 0. The molecule has 0 N–H and O–H groups in total. The van der Waals surface area contributed by atoms with Gasteiger partial charge in [-0.25, -0.2) is 9.79 Å². The number of urea groups is 1. The number of benzene rings is 2. The SMILES string of the molecule is CCN1C(=O)C2C(N=C3N(c4ccccc4)C(c4ccccc4)=CN32)N(C)C1=O. The van der Waals surface area contributed by atoms with Crippen molar-refractivity contribution in [3.05, 3.63) is 72.4 Å². The van der Waals surface area contributed by atoms with Crippen LogP contribution in [0.15, 0.2) is 71.9 Å². The minimum absolute atomic E-state index is 0.210. The third kappa shape index (κ3) is 2.47. The molecule has 2 aromatic carbocycles. The van der Waals surface area contributed by atoms with Crippen molar-refractivity contribution in [3.63, 3.8) is 0 Å². The van der Waals surface area contributed by atoms with Gasteiger partial charge in [-0.3, -0.25) is 19.5 Å². The Morgan fingerprint density at radius 3 is 2.28 bits per heavy atom. The Morgan fingerprint density at radius 2 is 1.62 bits per heavy atom. The number of imide groups is 1. The summed E-state index contributed by atoms with van der Waals surface area (Å²) in [6, 6.07) is 19.1. The molecule has 2 unspecified atom stereocenters. The Morgan fingerprint density at radius 1 is 0.966 bits per heavy atom. The lowest BCUT2D eigenvalue weighted by Gasteiger charge is -2.39.